The van der Waals surface area contributed by atoms with Crippen LogP contribution < -0.4 is 5.32 Å². The van der Waals surface area contributed by atoms with Crippen LogP contribution in [0.5, 0.6) is 0 Å². The maximum Gasteiger partial charge on any atom is 0.155 e. The maximum atomic E-state index is 8.94. The van der Waals surface area contributed by atoms with Crippen molar-refractivity contribution in [3.63, 3.8) is 0 Å². The van der Waals surface area contributed by atoms with E-state index in [-0.39, 0.29) is 6.61 Å². The Bertz CT molecular complexity index is 528. The minimum absolute atomic E-state index is 0.272. The maximum absolute atomic E-state index is 8.94. The molecule has 6 heteroatoms. The van der Waals surface area contributed by atoms with E-state index in [0.717, 1.165) is 41.9 Å². The quantitative estimate of drug-likeness (QED) is 0.764. The van der Waals surface area contributed by atoms with Gasteiger partial charge in [0, 0.05) is 19.3 Å². The molecular weight excluding hydrogens is 308 g/mol. The molecule has 2 N–H and O–H groups in total. The Kier molecular flexibility index (Phi) is 5.30. The Balaban J connectivity index is 1.83. The first-order valence-corrected chi connectivity index (χ1v) is 7.29. The van der Waals surface area contributed by atoms with Gasteiger partial charge in [-0.15, -0.1) is 0 Å². The standard InChI is InChI=1S/C13H19BrN4O/c1-10(9-19)3-2-4-15-5-11-6-17-13-7-16-12(14)8-18(11)13/h6-8,10,15,19H,2-5,9H2,1H3. The van der Waals surface area contributed by atoms with Crippen molar-refractivity contribution < 1.29 is 5.11 Å². The van der Waals surface area contributed by atoms with E-state index in [4.69, 9.17) is 5.11 Å². The zero-order chi connectivity index (χ0) is 13.7. The average Bonchev–Trinajstić information content (AvgIpc) is 2.80. The number of aromatic nitrogens is 3. The third kappa shape index (κ3) is 3.99. The van der Waals surface area contributed by atoms with Crippen molar-refractivity contribution in [3.8, 4) is 0 Å². The number of hydrogen-bond acceptors (Lipinski definition) is 4. The van der Waals surface area contributed by atoms with E-state index < -0.39 is 0 Å². The van der Waals surface area contributed by atoms with Gasteiger partial charge in [0.05, 0.1) is 18.1 Å². The zero-order valence-electron chi connectivity index (χ0n) is 11.0. The van der Waals surface area contributed by atoms with Crippen LogP contribution in [-0.2, 0) is 6.54 Å². The van der Waals surface area contributed by atoms with Crippen LogP contribution >= 0.6 is 15.9 Å². The molecule has 1 atom stereocenters. The summed E-state index contributed by atoms with van der Waals surface area (Å²) in [5.74, 6) is 0.389. The highest BCUT2D eigenvalue weighted by molar-refractivity contribution is 9.10. The SMILES string of the molecule is CC(CO)CCCNCc1cnc2cnc(Br)cn12. The molecular formula is C13H19BrN4O. The van der Waals surface area contributed by atoms with Gasteiger partial charge >= 0.3 is 0 Å². The molecule has 0 saturated carbocycles. The minimum atomic E-state index is 0.272. The number of halogens is 1. The number of hydrogen-bond donors (Lipinski definition) is 2. The predicted octanol–water partition coefficient (Wildman–Crippen LogP) is 1.99. The van der Waals surface area contributed by atoms with E-state index in [9.17, 15) is 0 Å². The Morgan fingerprint density at radius 3 is 3.05 bits per heavy atom. The molecule has 19 heavy (non-hydrogen) atoms. The summed E-state index contributed by atoms with van der Waals surface area (Å²) in [6.07, 6.45) is 7.66. The van der Waals surface area contributed by atoms with Crippen molar-refractivity contribution in [1.29, 1.82) is 0 Å². The molecule has 2 rings (SSSR count). The van der Waals surface area contributed by atoms with Crippen LogP contribution in [0.4, 0.5) is 0 Å². The largest absolute Gasteiger partial charge is 0.396 e. The Morgan fingerprint density at radius 1 is 1.42 bits per heavy atom. The third-order valence-electron chi connectivity index (χ3n) is 3.11. The molecule has 0 saturated heterocycles. The van der Waals surface area contributed by atoms with Crippen molar-refractivity contribution in [1.82, 2.24) is 19.7 Å². The Hall–Kier alpha value is -0.980. The number of nitrogens with one attached hydrogen (secondary N) is 1. The molecule has 0 amide bonds. The van der Waals surface area contributed by atoms with Crippen LogP contribution in [0, 0.1) is 5.92 Å². The Morgan fingerprint density at radius 2 is 2.26 bits per heavy atom. The lowest BCUT2D eigenvalue weighted by molar-refractivity contribution is 0.228. The van der Waals surface area contributed by atoms with Crippen LogP contribution in [0.15, 0.2) is 23.2 Å². The predicted molar refractivity (Wildman–Crippen MR) is 77.9 cm³/mol. The molecule has 0 bridgehead atoms. The average molecular weight is 327 g/mol. The van der Waals surface area contributed by atoms with Gasteiger partial charge in [0.25, 0.3) is 0 Å². The summed E-state index contributed by atoms with van der Waals surface area (Å²) in [6.45, 7) is 4.07. The van der Waals surface area contributed by atoms with Crippen molar-refractivity contribution in [2.75, 3.05) is 13.2 Å². The first-order valence-electron chi connectivity index (χ1n) is 6.49. The van der Waals surface area contributed by atoms with E-state index >= 15 is 0 Å². The van der Waals surface area contributed by atoms with Gasteiger partial charge in [-0.25, -0.2) is 9.97 Å². The molecule has 0 aromatic carbocycles. The molecule has 0 radical (unpaired) electrons. The highest BCUT2D eigenvalue weighted by atomic mass is 79.9. The van der Waals surface area contributed by atoms with Gasteiger partial charge in [0.1, 0.15) is 4.60 Å². The molecule has 0 aliphatic rings. The molecule has 5 nitrogen and oxygen atoms in total. The Labute approximate surface area is 121 Å². The molecule has 2 heterocycles. The number of aliphatic hydroxyl groups is 1. The summed E-state index contributed by atoms with van der Waals surface area (Å²) >= 11 is 3.36. The smallest absolute Gasteiger partial charge is 0.155 e. The van der Waals surface area contributed by atoms with E-state index in [1.54, 1.807) is 6.20 Å². The van der Waals surface area contributed by atoms with Crippen molar-refractivity contribution in [2.24, 2.45) is 5.92 Å². The van der Waals surface area contributed by atoms with Crippen LogP contribution in [0.3, 0.4) is 0 Å². The van der Waals surface area contributed by atoms with Gasteiger partial charge < -0.3 is 10.4 Å². The first-order chi connectivity index (χ1) is 9.20. The van der Waals surface area contributed by atoms with Gasteiger partial charge in [0.2, 0.25) is 0 Å². The molecule has 2 aromatic heterocycles. The molecule has 0 spiro atoms. The first kappa shape index (κ1) is 14.4. The number of aliphatic hydroxyl groups excluding tert-OH is 1. The lowest BCUT2D eigenvalue weighted by Gasteiger charge is -2.08. The van der Waals surface area contributed by atoms with E-state index in [1.807, 2.05) is 16.8 Å². The lowest BCUT2D eigenvalue weighted by atomic mass is 10.1. The topological polar surface area (TPSA) is 62.5 Å². The highest BCUT2D eigenvalue weighted by Gasteiger charge is 2.04. The number of fused-ring (bicyclic) bond motifs is 1. The van der Waals surface area contributed by atoms with Crippen LogP contribution in [0.1, 0.15) is 25.5 Å². The summed E-state index contributed by atoms with van der Waals surface area (Å²) in [4.78, 5) is 8.46. The molecule has 0 aliphatic heterocycles. The number of nitrogens with zero attached hydrogens (tertiary/aromatic N) is 3. The zero-order valence-corrected chi connectivity index (χ0v) is 12.6. The molecule has 0 aliphatic carbocycles. The second-order valence-electron chi connectivity index (χ2n) is 4.79. The molecule has 104 valence electrons. The van der Waals surface area contributed by atoms with E-state index in [2.05, 4.69) is 38.1 Å². The van der Waals surface area contributed by atoms with Crippen molar-refractivity contribution in [3.05, 3.63) is 28.9 Å². The monoisotopic (exact) mass is 326 g/mol. The molecule has 0 fully saturated rings. The second kappa shape index (κ2) is 6.98. The minimum Gasteiger partial charge on any atom is -0.396 e. The second-order valence-corrected chi connectivity index (χ2v) is 5.61. The van der Waals surface area contributed by atoms with Crippen LogP contribution in [-0.4, -0.2) is 32.6 Å². The van der Waals surface area contributed by atoms with Crippen molar-refractivity contribution >= 4 is 21.6 Å². The number of imidazole rings is 1. The molecule has 2 aromatic rings. The van der Waals surface area contributed by atoms with Crippen molar-refractivity contribution in [2.45, 2.75) is 26.3 Å². The van der Waals surface area contributed by atoms with E-state index in [1.165, 1.54) is 0 Å². The summed E-state index contributed by atoms with van der Waals surface area (Å²) in [5.41, 5.74) is 1.97. The fourth-order valence-electron chi connectivity index (χ4n) is 1.93. The fourth-order valence-corrected chi connectivity index (χ4v) is 2.24. The fraction of sp³-hybridized carbons (Fsp3) is 0.538. The van der Waals surface area contributed by atoms with Gasteiger partial charge in [-0.3, -0.25) is 4.40 Å². The summed E-state index contributed by atoms with van der Waals surface area (Å²) < 4.78 is 2.83. The number of rotatable bonds is 7. The van der Waals surface area contributed by atoms with E-state index in [0.29, 0.717) is 5.92 Å². The van der Waals surface area contributed by atoms with Gasteiger partial charge in [-0.1, -0.05) is 6.92 Å². The summed E-state index contributed by atoms with van der Waals surface area (Å²) in [5, 5.41) is 12.3. The van der Waals surface area contributed by atoms with Gasteiger partial charge in [-0.05, 0) is 41.2 Å². The normalized spacial score (nSPS) is 13.0. The van der Waals surface area contributed by atoms with Crippen LogP contribution in [0.2, 0.25) is 0 Å². The summed E-state index contributed by atoms with van der Waals surface area (Å²) in [7, 11) is 0. The molecule has 1 unspecified atom stereocenters. The third-order valence-corrected chi connectivity index (χ3v) is 3.52. The summed E-state index contributed by atoms with van der Waals surface area (Å²) in [6, 6.07) is 0. The van der Waals surface area contributed by atoms with Crippen LogP contribution in [0.25, 0.3) is 5.65 Å². The van der Waals surface area contributed by atoms with Gasteiger partial charge in [0.15, 0.2) is 5.65 Å². The van der Waals surface area contributed by atoms with Gasteiger partial charge in [-0.2, -0.15) is 0 Å². The lowest BCUT2D eigenvalue weighted by Crippen LogP contribution is -2.17. The highest BCUT2D eigenvalue weighted by Crippen LogP contribution is 2.10.